The smallest absolute Gasteiger partial charge is 0.309 e. The van der Waals surface area contributed by atoms with Crippen LogP contribution in [-0.2, 0) is 19.1 Å². The Morgan fingerprint density at radius 2 is 1.12 bits per heavy atom. The molecule has 0 heterocycles. The van der Waals surface area contributed by atoms with E-state index in [-0.39, 0.29) is 24.3 Å². The Balaban J connectivity index is 3.77. The zero-order valence-corrected chi connectivity index (χ0v) is 23.0. The number of rotatable bonds is 22. The number of carbonyl (C=O) groups excluding carboxylic acids is 2. The standard InChI is InChI=1S/C28H56NO4/c1-7-8-9-10-11-12-13-14-15-16-17-18-19-20-21-32-27(30)23-26(24-29(4,5)6)33-28(31)22-25(2)3/h25-26H,7-24H2,1-6H3/q+1/t26-/m1/s1. The van der Waals surface area contributed by atoms with Crippen molar-refractivity contribution in [2.75, 3.05) is 34.3 Å². The molecule has 0 fully saturated rings. The Bertz CT molecular complexity index is 485. The zero-order valence-electron chi connectivity index (χ0n) is 23.0. The van der Waals surface area contributed by atoms with Crippen molar-refractivity contribution in [3.05, 3.63) is 0 Å². The lowest BCUT2D eigenvalue weighted by molar-refractivity contribution is -0.873. The summed E-state index contributed by atoms with van der Waals surface area (Å²) in [6.45, 7) is 7.30. The van der Waals surface area contributed by atoms with Gasteiger partial charge in [-0.3, -0.25) is 9.59 Å². The fourth-order valence-electron chi connectivity index (χ4n) is 4.05. The van der Waals surface area contributed by atoms with Gasteiger partial charge in [-0.25, -0.2) is 0 Å². The van der Waals surface area contributed by atoms with Crippen LogP contribution in [0.4, 0.5) is 0 Å². The molecular formula is C28H56NO4+. The molecule has 1 atom stereocenters. The van der Waals surface area contributed by atoms with Gasteiger partial charge in [0.1, 0.15) is 6.54 Å². The Hall–Kier alpha value is -1.10. The number of likely N-dealkylation sites (N-methyl/N-ethyl adjacent to an activating group) is 1. The van der Waals surface area contributed by atoms with Crippen LogP contribution in [0.25, 0.3) is 0 Å². The minimum Gasteiger partial charge on any atom is -0.466 e. The van der Waals surface area contributed by atoms with Gasteiger partial charge in [0.05, 0.1) is 34.2 Å². The van der Waals surface area contributed by atoms with Crippen molar-refractivity contribution in [2.45, 2.75) is 130 Å². The molecule has 0 rings (SSSR count). The first-order valence-electron chi connectivity index (χ1n) is 13.8. The largest absolute Gasteiger partial charge is 0.466 e. The second-order valence-electron chi connectivity index (χ2n) is 11.2. The Labute approximate surface area is 205 Å². The van der Waals surface area contributed by atoms with E-state index in [0.717, 1.165) is 12.8 Å². The van der Waals surface area contributed by atoms with Crippen LogP contribution in [0.1, 0.15) is 124 Å². The van der Waals surface area contributed by atoms with E-state index in [1.54, 1.807) is 0 Å². The van der Waals surface area contributed by atoms with Crippen LogP contribution >= 0.6 is 0 Å². The second-order valence-corrected chi connectivity index (χ2v) is 11.2. The van der Waals surface area contributed by atoms with E-state index in [2.05, 4.69) is 6.92 Å². The first kappa shape index (κ1) is 31.9. The third kappa shape index (κ3) is 23.8. The molecule has 0 unspecified atom stereocenters. The van der Waals surface area contributed by atoms with Crippen LogP contribution < -0.4 is 0 Å². The number of esters is 2. The average molecular weight is 471 g/mol. The van der Waals surface area contributed by atoms with Crippen molar-refractivity contribution < 1.29 is 23.5 Å². The molecule has 0 aromatic heterocycles. The van der Waals surface area contributed by atoms with Gasteiger partial charge in [0, 0.05) is 6.42 Å². The van der Waals surface area contributed by atoms with E-state index in [9.17, 15) is 9.59 Å². The summed E-state index contributed by atoms with van der Waals surface area (Å²) in [5, 5.41) is 0. The summed E-state index contributed by atoms with van der Waals surface area (Å²) in [4.78, 5) is 24.3. The SMILES string of the molecule is CCCCCCCCCCCCCCCCOC(=O)C[C@H](C[N+](C)(C)C)OC(=O)CC(C)C. The molecule has 0 spiro atoms. The van der Waals surface area contributed by atoms with E-state index >= 15 is 0 Å². The molecule has 0 bridgehead atoms. The number of hydrogen-bond acceptors (Lipinski definition) is 4. The first-order valence-corrected chi connectivity index (χ1v) is 13.8. The summed E-state index contributed by atoms with van der Waals surface area (Å²) < 4.78 is 11.6. The fraction of sp³-hybridized carbons (Fsp3) is 0.929. The number of ether oxygens (including phenoxy) is 2. The summed E-state index contributed by atoms with van der Waals surface area (Å²) in [6, 6.07) is 0. The molecule has 0 saturated heterocycles. The molecule has 0 aliphatic rings. The highest BCUT2D eigenvalue weighted by atomic mass is 16.6. The van der Waals surface area contributed by atoms with E-state index < -0.39 is 6.10 Å². The van der Waals surface area contributed by atoms with E-state index in [0.29, 0.717) is 24.1 Å². The normalized spacial score (nSPS) is 12.7. The minimum atomic E-state index is -0.430. The monoisotopic (exact) mass is 470 g/mol. The Kier molecular flexibility index (Phi) is 19.6. The van der Waals surface area contributed by atoms with Crippen molar-refractivity contribution >= 4 is 11.9 Å². The Morgan fingerprint density at radius 3 is 1.55 bits per heavy atom. The Morgan fingerprint density at radius 1 is 0.667 bits per heavy atom. The van der Waals surface area contributed by atoms with Gasteiger partial charge in [-0.05, 0) is 12.3 Å². The van der Waals surface area contributed by atoms with E-state index in [4.69, 9.17) is 9.47 Å². The lowest BCUT2D eigenvalue weighted by Gasteiger charge is -2.28. The topological polar surface area (TPSA) is 52.6 Å². The van der Waals surface area contributed by atoms with Crippen molar-refractivity contribution in [1.82, 2.24) is 0 Å². The van der Waals surface area contributed by atoms with Gasteiger partial charge in [-0.2, -0.15) is 0 Å². The molecule has 0 N–H and O–H groups in total. The molecule has 5 heteroatoms. The van der Waals surface area contributed by atoms with Gasteiger partial charge in [-0.15, -0.1) is 0 Å². The number of nitrogens with zero attached hydrogens (tertiary/aromatic N) is 1. The maximum absolute atomic E-state index is 12.3. The molecule has 0 amide bonds. The maximum Gasteiger partial charge on any atom is 0.309 e. The summed E-state index contributed by atoms with van der Waals surface area (Å²) in [6.07, 6.45) is 18.4. The quantitative estimate of drug-likeness (QED) is 0.0965. The van der Waals surface area contributed by atoms with Gasteiger partial charge in [0.15, 0.2) is 6.10 Å². The molecule has 0 aliphatic heterocycles. The number of quaternary nitrogens is 1. The third-order valence-electron chi connectivity index (χ3n) is 5.78. The molecular weight excluding hydrogens is 414 g/mol. The summed E-state index contributed by atoms with van der Waals surface area (Å²) in [7, 11) is 6.09. The lowest BCUT2D eigenvalue weighted by Crippen LogP contribution is -2.44. The third-order valence-corrected chi connectivity index (χ3v) is 5.78. The molecule has 0 radical (unpaired) electrons. The van der Waals surface area contributed by atoms with Crippen LogP contribution in [0.2, 0.25) is 0 Å². The summed E-state index contributed by atoms with van der Waals surface area (Å²) >= 11 is 0. The molecule has 0 aromatic carbocycles. The maximum atomic E-state index is 12.3. The van der Waals surface area contributed by atoms with Gasteiger partial charge in [0.25, 0.3) is 0 Å². The molecule has 0 saturated carbocycles. The van der Waals surface area contributed by atoms with Gasteiger partial charge in [-0.1, -0.05) is 104 Å². The predicted octanol–water partition coefficient (Wildman–Crippen LogP) is 7.07. The second kappa shape index (κ2) is 20.3. The highest BCUT2D eigenvalue weighted by molar-refractivity contribution is 5.72. The minimum absolute atomic E-state index is 0.137. The van der Waals surface area contributed by atoms with Crippen LogP contribution in [0.5, 0.6) is 0 Å². The number of carbonyl (C=O) groups is 2. The zero-order chi connectivity index (χ0) is 25.0. The van der Waals surface area contributed by atoms with Crippen molar-refractivity contribution in [3.63, 3.8) is 0 Å². The molecule has 0 aromatic rings. The number of unbranched alkanes of at least 4 members (excludes halogenated alkanes) is 13. The molecule has 0 aliphatic carbocycles. The van der Waals surface area contributed by atoms with Gasteiger partial charge < -0.3 is 14.0 Å². The lowest BCUT2D eigenvalue weighted by atomic mass is 10.0. The fourth-order valence-corrected chi connectivity index (χ4v) is 4.05. The molecule has 5 nitrogen and oxygen atoms in total. The van der Waals surface area contributed by atoms with Crippen LogP contribution in [-0.4, -0.2) is 56.8 Å². The van der Waals surface area contributed by atoms with Crippen molar-refractivity contribution in [2.24, 2.45) is 5.92 Å². The summed E-state index contributed by atoms with van der Waals surface area (Å²) in [5.41, 5.74) is 0. The predicted molar refractivity (Wildman–Crippen MR) is 138 cm³/mol. The van der Waals surface area contributed by atoms with Gasteiger partial charge >= 0.3 is 11.9 Å². The van der Waals surface area contributed by atoms with Gasteiger partial charge in [0.2, 0.25) is 0 Å². The van der Waals surface area contributed by atoms with E-state index in [1.165, 1.54) is 77.0 Å². The molecule has 196 valence electrons. The highest BCUT2D eigenvalue weighted by Crippen LogP contribution is 2.14. The first-order chi connectivity index (χ1) is 15.6. The number of hydrogen-bond donors (Lipinski definition) is 0. The van der Waals surface area contributed by atoms with Crippen LogP contribution in [0, 0.1) is 5.92 Å². The van der Waals surface area contributed by atoms with E-state index in [1.807, 2.05) is 35.0 Å². The highest BCUT2D eigenvalue weighted by Gasteiger charge is 2.25. The van der Waals surface area contributed by atoms with Crippen molar-refractivity contribution in [3.8, 4) is 0 Å². The molecule has 33 heavy (non-hydrogen) atoms. The average Bonchev–Trinajstić information content (AvgIpc) is 2.68. The summed E-state index contributed by atoms with van der Waals surface area (Å²) in [5.74, 6) is -0.252. The van der Waals surface area contributed by atoms with Crippen LogP contribution in [0.15, 0.2) is 0 Å². The van der Waals surface area contributed by atoms with Crippen molar-refractivity contribution in [1.29, 1.82) is 0 Å². The van der Waals surface area contributed by atoms with Crippen LogP contribution in [0.3, 0.4) is 0 Å².